The van der Waals surface area contributed by atoms with E-state index in [1.807, 2.05) is 0 Å². The molecule has 0 aromatic rings. The van der Waals surface area contributed by atoms with Gasteiger partial charge in [-0.1, -0.05) is 32.1 Å². The van der Waals surface area contributed by atoms with Crippen LogP contribution in [0.25, 0.3) is 0 Å². The Bertz CT molecular complexity index is 254. The van der Waals surface area contributed by atoms with Crippen LogP contribution in [0.2, 0.25) is 0 Å². The fourth-order valence-corrected chi connectivity index (χ4v) is 3.41. The Hall–Kier alpha value is -0.460. The molecule has 1 heteroatoms. The van der Waals surface area contributed by atoms with Crippen molar-refractivity contribution >= 4 is 0 Å². The lowest BCUT2D eigenvalue weighted by atomic mass is 9.88. The van der Waals surface area contributed by atoms with Crippen LogP contribution >= 0.6 is 0 Å². The Balaban J connectivity index is 2.12. The molecule has 1 heterocycles. The maximum atomic E-state index is 2.55. The van der Waals surface area contributed by atoms with Gasteiger partial charge < -0.3 is 4.90 Å². The highest BCUT2D eigenvalue weighted by atomic mass is 15.2. The van der Waals surface area contributed by atoms with E-state index in [9.17, 15) is 0 Å². The zero-order chi connectivity index (χ0) is 10.8. The van der Waals surface area contributed by atoms with E-state index >= 15 is 0 Å². The Morgan fingerprint density at radius 1 is 0.933 bits per heavy atom. The van der Waals surface area contributed by atoms with E-state index in [4.69, 9.17) is 0 Å². The molecule has 0 aromatic carbocycles. The summed E-state index contributed by atoms with van der Waals surface area (Å²) in [5, 5.41) is 0. The first kappa shape index (κ1) is 11.0. The van der Waals surface area contributed by atoms with Crippen LogP contribution in [0.5, 0.6) is 0 Å². The van der Waals surface area contributed by atoms with Gasteiger partial charge in [0, 0.05) is 24.7 Å². The van der Waals surface area contributed by atoms with Gasteiger partial charge in [-0.15, -0.1) is 0 Å². The lowest BCUT2D eigenvalue weighted by molar-refractivity contribution is 0.254. The molecule has 2 unspecified atom stereocenters. The molecule has 15 heavy (non-hydrogen) atoms. The van der Waals surface area contributed by atoms with Crippen LogP contribution < -0.4 is 0 Å². The quantitative estimate of drug-likeness (QED) is 0.581. The Labute approximate surface area is 94.5 Å². The molecule has 0 spiro atoms. The Morgan fingerprint density at radius 3 is 2.27 bits per heavy atom. The first-order chi connectivity index (χ1) is 7.22. The van der Waals surface area contributed by atoms with Crippen molar-refractivity contribution in [2.75, 3.05) is 7.05 Å². The molecular formula is C14H25N. The van der Waals surface area contributed by atoms with Crippen molar-refractivity contribution in [3.05, 3.63) is 11.3 Å². The second kappa shape index (κ2) is 4.59. The van der Waals surface area contributed by atoms with Crippen LogP contribution in [-0.2, 0) is 0 Å². The molecule has 0 bridgehead atoms. The third-order valence-electron chi connectivity index (χ3n) is 4.63. The largest absolute Gasteiger partial charge is 0.375 e. The predicted octanol–water partition coefficient (Wildman–Crippen LogP) is 3.95. The SMILES string of the molecule is CC1=C(C)N(C)C2CCCCCCCC12. The van der Waals surface area contributed by atoms with Gasteiger partial charge in [0.2, 0.25) is 0 Å². The third kappa shape index (κ3) is 2.07. The molecule has 0 aromatic heterocycles. The van der Waals surface area contributed by atoms with Gasteiger partial charge in [0.05, 0.1) is 0 Å². The van der Waals surface area contributed by atoms with Crippen molar-refractivity contribution in [3.63, 3.8) is 0 Å². The normalized spacial score (nSPS) is 33.4. The molecule has 0 amide bonds. The Kier molecular flexibility index (Phi) is 3.38. The lowest BCUT2D eigenvalue weighted by Crippen LogP contribution is -2.30. The average Bonchev–Trinajstić information content (AvgIpc) is 2.51. The Morgan fingerprint density at radius 2 is 1.53 bits per heavy atom. The highest BCUT2D eigenvalue weighted by Gasteiger charge is 2.33. The first-order valence-electron chi connectivity index (χ1n) is 6.62. The van der Waals surface area contributed by atoms with Crippen LogP contribution in [0.3, 0.4) is 0 Å². The zero-order valence-electron chi connectivity index (χ0n) is 10.6. The summed E-state index contributed by atoms with van der Waals surface area (Å²) in [7, 11) is 2.29. The molecule has 0 radical (unpaired) electrons. The molecule has 86 valence electrons. The molecule has 0 N–H and O–H groups in total. The van der Waals surface area contributed by atoms with Gasteiger partial charge in [0.15, 0.2) is 0 Å². The number of fused-ring (bicyclic) bond motifs is 1. The van der Waals surface area contributed by atoms with E-state index in [0.717, 1.165) is 12.0 Å². The summed E-state index contributed by atoms with van der Waals surface area (Å²) in [6.45, 7) is 4.66. The summed E-state index contributed by atoms with van der Waals surface area (Å²) < 4.78 is 0. The topological polar surface area (TPSA) is 3.24 Å². The average molecular weight is 207 g/mol. The number of hydrogen-bond donors (Lipinski definition) is 0. The predicted molar refractivity (Wildman–Crippen MR) is 65.7 cm³/mol. The minimum atomic E-state index is 0.822. The minimum absolute atomic E-state index is 0.822. The van der Waals surface area contributed by atoms with Gasteiger partial charge in [-0.05, 0) is 32.3 Å². The summed E-state index contributed by atoms with van der Waals surface area (Å²) >= 11 is 0. The highest BCUT2D eigenvalue weighted by molar-refractivity contribution is 5.21. The second-order valence-electron chi connectivity index (χ2n) is 5.40. The van der Waals surface area contributed by atoms with Crippen LogP contribution in [0.4, 0.5) is 0 Å². The monoisotopic (exact) mass is 207 g/mol. The minimum Gasteiger partial charge on any atom is -0.375 e. The maximum absolute atomic E-state index is 2.55. The number of rotatable bonds is 0. The molecule has 0 saturated heterocycles. The van der Waals surface area contributed by atoms with Gasteiger partial charge in [0.25, 0.3) is 0 Å². The third-order valence-corrected chi connectivity index (χ3v) is 4.63. The fourth-order valence-electron chi connectivity index (χ4n) is 3.41. The van der Waals surface area contributed by atoms with Crippen molar-refractivity contribution in [1.29, 1.82) is 0 Å². The van der Waals surface area contributed by atoms with E-state index in [1.54, 1.807) is 11.3 Å². The summed E-state index contributed by atoms with van der Waals surface area (Å²) in [6.07, 6.45) is 10.1. The van der Waals surface area contributed by atoms with Gasteiger partial charge >= 0.3 is 0 Å². The van der Waals surface area contributed by atoms with Gasteiger partial charge in [-0.3, -0.25) is 0 Å². The fraction of sp³-hybridized carbons (Fsp3) is 0.857. The van der Waals surface area contributed by atoms with Crippen molar-refractivity contribution < 1.29 is 0 Å². The van der Waals surface area contributed by atoms with E-state index in [0.29, 0.717) is 0 Å². The van der Waals surface area contributed by atoms with Gasteiger partial charge in [0.1, 0.15) is 0 Å². The standard InChI is InChI=1S/C14H25N/c1-11-12(2)15(3)14-10-8-6-4-5-7-9-13(11)14/h13-14H,4-10H2,1-3H3. The van der Waals surface area contributed by atoms with Crippen molar-refractivity contribution in [2.24, 2.45) is 5.92 Å². The molecule has 1 fully saturated rings. The molecule has 2 aliphatic rings. The second-order valence-corrected chi connectivity index (χ2v) is 5.40. The lowest BCUT2D eigenvalue weighted by Gasteiger charge is -2.28. The molecule has 1 saturated carbocycles. The van der Waals surface area contributed by atoms with Crippen LogP contribution in [-0.4, -0.2) is 18.0 Å². The van der Waals surface area contributed by atoms with Gasteiger partial charge in [-0.25, -0.2) is 0 Å². The molecule has 1 aliphatic heterocycles. The smallest absolute Gasteiger partial charge is 0.0349 e. The van der Waals surface area contributed by atoms with Crippen molar-refractivity contribution in [2.45, 2.75) is 64.8 Å². The molecule has 2 rings (SSSR count). The number of nitrogens with zero attached hydrogens (tertiary/aromatic N) is 1. The van der Waals surface area contributed by atoms with E-state index in [2.05, 4.69) is 25.8 Å². The summed E-state index contributed by atoms with van der Waals surface area (Å²) in [6, 6.07) is 0.822. The maximum Gasteiger partial charge on any atom is 0.0349 e. The molecule has 1 nitrogen and oxygen atoms in total. The van der Waals surface area contributed by atoms with Crippen LogP contribution in [0.1, 0.15) is 58.8 Å². The number of hydrogen-bond acceptors (Lipinski definition) is 1. The molecular weight excluding hydrogens is 182 g/mol. The highest BCUT2D eigenvalue weighted by Crippen LogP contribution is 2.39. The van der Waals surface area contributed by atoms with Crippen molar-refractivity contribution in [1.82, 2.24) is 4.90 Å². The number of allylic oxidation sites excluding steroid dienone is 1. The first-order valence-corrected chi connectivity index (χ1v) is 6.62. The van der Waals surface area contributed by atoms with Gasteiger partial charge in [-0.2, -0.15) is 0 Å². The summed E-state index contributed by atoms with van der Waals surface area (Å²) in [4.78, 5) is 2.55. The summed E-state index contributed by atoms with van der Waals surface area (Å²) in [5.41, 5.74) is 3.22. The van der Waals surface area contributed by atoms with E-state index in [1.165, 1.54) is 44.9 Å². The van der Waals surface area contributed by atoms with Crippen LogP contribution in [0, 0.1) is 5.92 Å². The van der Waals surface area contributed by atoms with Crippen molar-refractivity contribution in [3.8, 4) is 0 Å². The van der Waals surface area contributed by atoms with Crippen LogP contribution in [0.15, 0.2) is 11.3 Å². The zero-order valence-corrected chi connectivity index (χ0v) is 10.6. The summed E-state index contributed by atoms with van der Waals surface area (Å²) in [5.74, 6) is 0.869. The molecule has 1 aliphatic carbocycles. The molecule has 2 atom stereocenters. The van der Waals surface area contributed by atoms with E-state index < -0.39 is 0 Å². The van der Waals surface area contributed by atoms with E-state index in [-0.39, 0.29) is 0 Å².